The average molecular weight is 235 g/mol. The van der Waals surface area contributed by atoms with Gasteiger partial charge < -0.3 is 5.32 Å². The molecule has 0 aliphatic carbocycles. The van der Waals surface area contributed by atoms with E-state index in [9.17, 15) is 8.42 Å². The molecule has 90 valence electrons. The Kier molecular flexibility index (Phi) is 5.52. The summed E-state index contributed by atoms with van der Waals surface area (Å²) in [6.45, 7) is 4.94. The lowest BCUT2D eigenvalue weighted by Crippen LogP contribution is -2.42. The fraction of sp³-hybridized carbons (Fsp3) is 1.00. The molecule has 1 aliphatic heterocycles. The van der Waals surface area contributed by atoms with Gasteiger partial charge in [0.15, 0.2) is 0 Å². The SMILES string of the molecule is CCCNS(=O)(=O)NCC1CCCNC1. The van der Waals surface area contributed by atoms with Gasteiger partial charge >= 0.3 is 0 Å². The maximum Gasteiger partial charge on any atom is 0.276 e. The molecule has 0 saturated carbocycles. The van der Waals surface area contributed by atoms with E-state index in [0.29, 0.717) is 19.0 Å². The van der Waals surface area contributed by atoms with Gasteiger partial charge in [0.1, 0.15) is 0 Å². The minimum absolute atomic E-state index is 0.428. The van der Waals surface area contributed by atoms with Gasteiger partial charge in [-0.25, -0.2) is 9.44 Å². The summed E-state index contributed by atoms with van der Waals surface area (Å²) in [4.78, 5) is 0. The highest BCUT2D eigenvalue weighted by molar-refractivity contribution is 7.87. The lowest BCUT2D eigenvalue weighted by atomic mass is 10.0. The summed E-state index contributed by atoms with van der Waals surface area (Å²) in [7, 11) is -3.27. The van der Waals surface area contributed by atoms with Crippen molar-refractivity contribution in [3.05, 3.63) is 0 Å². The Hall–Kier alpha value is -0.170. The van der Waals surface area contributed by atoms with Crippen LogP contribution >= 0.6 is 0 Å². The van der Waals surface area contributed by atoms with Gasteiger partial charge in [0.05, 0.1) is 0 Å². The minimum Gasteiger partial charge on any atom is -0.316 e. The summed E-state index contributed by atoms with van der Waals surface area (Å²) in [6.07, 6.45) is 3.05. The molecule has 0 bridgehead atoms. The third-order valence-electron chi connectivity index (χ3n) is 2.50. The van der Waals surface area contributed by atoms with Gasteiger partial charge in [-0.05, 0) is 38.3 Å². The first-order valence-corrected chi connectivity index (χ1v) is 7.07. The third kappa shape index (κ3) is 5.46. The molecular weight excluding hydrogens is 214 g/mol. The van der Waals surface area contributed by atoms with E-state index in [1.165, 1.54) is 0 Å². The molecule has 0 aromatic rings. The lowest BCUT2D eigenvalue weighted by molar-refractivity contribution is 0.375. The van der Waals surface area contributed by atoms with Crippen LogP contribution in [0, 0.1) is 5.92 Å². The highest BCUT2D eigenvalue weighted by Gasteiger charge is 2.15. The summed E-state index contributed by atoms with van der Waals surface area (Å²) in [5.41, 5.74) is 0. The van der Waals surface area contributed by atoms with Gasteiger partial charge in [-0.2, -0.15) is 8.42 Å². The molecule has 1 atom stereocenters. The molecule has 1 aliphatic rings. The van der Waals surface area contributed by atoms with Crippen molar-refractivity contribution in [3.63, 3.8) is 0 Å². The second-order valence-corrected chi connectivity index (χ2v) is 5.54. The Balaban J connectivity index is 2.22. The topological polar surface area (TPSA) is 70.2 Å². The summed E-state index contributed by atoms with van der Waals surface area (Å²) in [6, 6.07) is 0. The molecule has 0 spiro atoms. The summed E-state index contributed by atoms with van der Waals surface area (Å²) < 4.78 is 27.9. The molecule has 15 heavy (non-hydrogen) atoms. The largest absolute Gasteiger partial charge is 0.316 e. The van der Waals surface area contributed by atoms with Gasteiger partial charge in [0.25, 0.3) is 10.2 Å². The third-order valence-corrected chi connectivity index (χ3v) is 3.63. The van der Waals surface area contributed by atoms with E-state index in [-0.39, 0.29) is 0 Å². The van der Waals surface area contributed by atoms with E-state index < -0.39 is 10.2 Å². The molecule has 5 nitrogen and oxygen atoms in total. The Labute approximate surface area is 92.2 Å². The zero-order valence-electron chi connectivity index (χ0n) is 9.25. The van der Waals surface area contributed by atoms with Crippen LogP contribution in [0.1, 0.15) is 26.2 Å². The Morgan fingerprint density at radius 1 is 1.40 bits per heavy atom. The van der Waals surface area contributed by atoms with Crippen molar-refractivity contribution in [2.45, 2.75) is 26.2 Å². The first-order chi connectivity index (χ1) is 7.14. The number of hydrogen-bond acceptors (Lipinski definition) is 3. The number of piperidine rings is 1. The normalized spacial score (nSPS) is 22.9. The van der Waals surface area contributed by atoms with Crippen molar-refractivity contribution < 1.29 is 8.42 Å². The fourth-order valence-electron chi connectivity index (χ4n) is 1.61. The molecule has 1 heterocycles. The van der Waals surface area contributed by atoms with Crippen molar-refractivity contribution in [3.8, 4) is 0 Å². The van der Waals surface area contributed by atoms with Crippen LogP contribution in [0.15, 0.2) is 0 Å². The zero-order chi connectivity index (χ0) is 11.1. The van der Waals surface area contributed by atoms with Crippen LogP contribution in [0.5, 0.6) is 0 Å². The van der Waals surface area contributed by atoms with Crippen LogP contribution in [0.3, 0.4) is 0 Å². The van der Waals surface area contributed by atoms with Gasteiger partial charge in [-0.3, -0.25) is 0 Å². The van der Waals surface area contributed by atoms with Crippen LogP contribution in [0.2, 0.25) is 0 Å². The number of rotatable bonds is 6. The van der Waals surface area contributed by atoms with E-state index in [1.54, 1.807) is 0 Å². The Morgan fingerprint density at radius 3 is 2.80 bits per heavy atom. The minimum atomic E-state index is -3.27. The van der Waals surface area contributed by atoms with Gasteiger partial charge in [0, 0.05) is 13.1 Å². The smallest absolute Gasteiger partial charge is 0.276 e. The first kappa shape index (κ1) is 12.9. The van der Waals surface area contributed by atoms with E-state index >= 15 is 0 Å². The summed E-state index contributed by atoms with van der Waals surface area (Å²) >= 11 is 0. The average Bonchev–Trinajstić information content (AvgIpc) is 2.25. The number of nitrogens with one attached hydrogen (secondary N) is 3. The second kappa shape index (κ2) is 6.42. The predicted molar refractivity (Wildman–Crippen MR) is 60.8 cm³/mol. The van der Waals surface area contributed by atoms with Crippen molar-refractivity contribution in [1.29, 1.82) is 0 Å². The monoisotopic (exact) mass is 235 g/mol. The summed E-state index contributed by atoms with van der Waals surface area (Å²) in [5, 5.41) is 3.26. The number of hydrogen-bond donors (Lipinski definition) is 3. The summed E-state index contributed by atoms with van der Waals surface area (Å²) in [5.74, 6) is 0.428. The van der Waals surface area contributed by atoms with Crippen LogP contribution in [-0.4, -0.2) is 34.6 Å². The van der Waals surface area contributed by atoms with Crippen molar-refractivity contribution in [2.75, 3.05) is 26.2 Å². The van der Waals surface area contributed by atoms with Crippen molar-refractivity contribution in [2.24, 2.45) is 5.92 Å². The van der Waals surface area contributed by atoms with Crippen molar-refractivity contribution in [1.82, 2.24) is 14.8 Å². The van der Waals surface area contributed by atoms with E-state index in [4.69, 9.17) is 0 Å². The molecule has 6 heteroatoms. The molecule has 3 N–H and O–H groups in total. The molecule has 0 amide bonds. The van der Waals surface area contributed by atoms with Gasteiger partial charge in [-0.1, -0.05) is 6.92 Å². The van der Waals surface area contributed by atoms with E-state index in [1.807, 2.05) is 6.92 Å². The van der Waals surface area contributed by atoms with Gasteiger partial charge in [-0.15, -0.1) is 0 Å². The Bertz CT molecular complexity index is 261. The first-order valence-electron chi connectivity index (χ1n) is 5.59. The van der Waals surface area contributed by atoms with Crippen LogP contribution in [0.25, 0.3) is 0 Å². The predicted octanol–water partition coefficient (Wildman–Crippen LogP) is -0.180. The lowest BCUT2D eigenvalue weighted by Gasteiger charge is -2.22. The van der Waals surface area contributed by atoms with Gasteiger partial charge in [0.2, 0.25) is 0 Å². The highest BCUT2D eigenvalue weighted by Crippen LogP contribution is 2.08. The molecule has 1 fully saturated rings. The quantitative estimate of drug-likeness (QED) is 0.598. The molecule has 1 unspecified atom stereocenters. The zero-order valence-corrected chi connectivity index (χ0v) is 10.1. The molecule has 1 saturated heterocycles. The second-order valence-electron chi connectivity index (χ2n) is 3.96. The highest BCUT2D eigenvalue weighted by atomic mass is 32.2. The van der Waals surface area contributed by atoms with Crippen molar-refractivity contribution >= 4 is 10.2 Å². The van der Waals surface area contributed by atoms with Crippen LogP contribution in [-0.2, 0) is 10.2 Å². The molecular formula is C9H21N3O2S. The maximum absolute atomic E-state index is 11.4. The van der Waals surface area contributed by atoms with Crippen LogP contribution < -0.4 is 14.8 Å². The fourth-order valence-corrected chi connectivity index (χ4v) is 2.64. The maximum atomic E-state index is 11.4. The molecule has 0 aromatic heterocycles. The standard InChI is InChI=1S/C9H21N3O2S/c1-2-5-11-15(13,14)12-8-9-4-3-6-10-7-9/h9-12H,2-8H2,1H3. The Morgan fingerprint density at radius 2 is 2.20 bits per heavy atom. The van der Waals surface area contributed by atoms with E-state index in [2.05, 4.69) is 14.8 Å². The molecule has 0 aromatic carbocycles. The molecule has 0 radical (unpaired) electrons. The van der Waals surface area contributed by atoms with Crippen LogP contribution in [0.4, 0.5) is 0 Å². The molecule has 1 rings (SSSR count). The van der Waals surface area contributed by atoms with E-state index in [0.717, 1.165) is 32.4 Å².